The Morgan fingerprint density at radius 1 is 1.17 bits per heavy atom. The van der Waals surface area contributed by atoms with E-state index in [1.807, 2.05) is 35.2 Å². The van der Waals surface area contributed by atoms with Gasteiger partial charge in [0.1, 0.15) is 0 Å². The van der Waals surface area contributed by atoms with E-state index in [4.69, 9.17) is 4.74 Å². The normalized spacial score (nSPS) is 29.2. The molecule has 1 atom stereocenters. The molecule has 122 valence electrons. The second-order valence-corrected chi connectivity index (χ2v) is 7.19. The fourth-order valence-electron chi connectivity index (χ4n) is 4.17. The quantitative estimate of drug-likeness (QED) is 0.889. The molecule has 1 unspecified atom stereocenters. The molecule has 5 heteroatoms. The summed E-state index contributed by atoms with van der Waals surface area (Å²) in [5.41, 5.74) is 0.579. The van der Waals surface area contributed by atoms with Gasteiger partial charge in [0, 0.05) is 38.1 Å². The van der Waals surface area contributed by atoms with Gasteiger partial charge in [-0.2, -0.15) is 0 Å². The van der Waals surface area contributed by atoms with Crippen LogP contribution < -0.4 is 5.32 Å². The van der Waals surface area contributed by atoms with Gasteiger partial charge in [-0.3, -0.25) is 9.59 Å². The Bertz CT molecular complexity index is 604. The first-order chi connectivity index (χ1) is 11.1. The van der Waals surface area contributed by atoms with Crippen LogP contribution >= 0.6 is 0 Å². The molecule has 0 aromatic heterocycles. The Kier molecular flexibility index (Phi) is 3.41. The number of benzene rings is 1. The van der Waals surface area contributed by atoms with Gasteiger partial charge in [0.15, 0.2) is 0 Å². The molecule has 1 N–H and O–H groups in total. The molecule has 1 aromatic carbocycles. The van der Waals surface area contributed by atoms with Crippen LogP contribution in [-0.4, -0.2) is 49.6 Å². The zero-order valence-electron chi connectivity index (χ0n) is 13.2. The van der Waals surface area contributed by atoms with Crippen molar-refractivity contribution >= 4 is 11.8 Å². The second kappa shape index (κ2) is 5.34. The number of likely N-dealkylation sites (tertiary alicyclic amines) is 1. The van der Waals surface area contributed by atoms with Crippen molar-refractivity contribution in [1.82, 2.24) is 10.2 Å². The lowest BCUT2D eigenvalue weighted by Gasteiger charge is -2.51. The number of hydrogen-bond donors (Lipinski definition) is 1. The van der Waals surface area contributed by atoms with Crippen LogP contribution in [0, 0.1) is 5.41 Å². The maximum absolute atomic E-state index is 13.3. The van der Waals surface area contributed by atoms with Crippen LogP contribution in [0.3, 0.4) is 0 Å². The van der Waals surface area contributed by atoms with Crippen molar-refractivity contribution in [3.8, 4) is 0 Å². The van der Waals surface area contributed by atoms with Crippen molar-refractivity contribution in [1.29, 1.82) is 0 Å². The van der Waals surface area contributed by atoms with Gasteiger partial charge in [0.25, 0.3) is 0 Å². The third-order valence-electron chi connectivity index (χ3n) is 5.63. The number of rotatable bonds is 2. The van der Waals surface area contributed by atoms with Gasteiger partial charge >= 0.3 is 0 Å². The lowest BCUT2D eigenvalue weighted by Crippen LogP contribution is -2.65. The molecular formula is C18H22N2O3. The lowest BCUT2D eigenvalue weighted by molar-refractivity contribution is -0.151. The highest BCUT2D eigenvalue weighted by Crippen LogP contribution is 2.42. The molecule has 1 aromatic rings. The van der Waals surface area contributed by atoms with Crippen LogP contribution in [0.1, 0.15) is 24.8 Å². The maximum Gasteiger partial charge on any atom is 0.235 e. The van der Waals surface area contributed by atoms with E-state index in [0.717, 1.165) is 38.3 Å². The SMILES string of the molecule is O=C1CCC(C(=O)N2CC3(CCOC3)C2)(c2ccccc2)CN1. The molecule has 23 heavy (non-hydrogen) atoms. The third-order valence-corrected chi connectivity index (χ3v) is 5.63. The van der Waals surface area contributed by atoms with Gasteiger partial charge < -0.3 is 15.0 Å². The second-order valence-electron chi connectivity index (χ2n) is 7.19. The van der Waals surface area contributed by atoms with Crippen LogP contribution in [0.25, 0.3) is 0 Å². The number of carbonyl (C=O) groups is 2. The summed E-state index contributed by atoms with van der Waals surface area (Å²) in [5, 5.41) is 2.91. The summed E-state index contributed by atoms with van der Waals surface area (Å²) in [5.74, 6) is 0.190. The van der Waals surface area contributed by atoms with E-state index in [-0.39, 0.29) is 17.2 Å². The Labute approximate surface area is 136 Å². The fraction of sp³-hybridized carbons (Fsp3) is 0.556. The molecule has 4 rings (SSSR count). The molecule has 3 fully saturated rings. The first-order valence-corrected chi connectivity index (χ1v) is 8.33. The monoisotopic (exact) mass is 314 g/mol. The van der Waals surface area contributed by atoms with Crippen molar-refractivity contribution in [3.05, 3.63) is 35.9 Å². The van der Waals surface area contributed by atoms with Gasteiger partial charge in [-0.05, 0) is 18.4 Å². The molecule has 3 heterocycles. The van der Waals surface area contributed by atoms with E-state index in [0.29, 0.717) is 19.4 Å². The first kappa shape index (κ1) is 14.7. The van der Waals surface area contributed by atoms with Crippen molar-refractivity contribution in [2.45, 2.75) is 24.7 Å². The third kappa shape index (κ3) is 2.34. The van der Waals surface area contributed by atoms with Crippen LogP contribution in [0.5, 0.6) is 0 Å². The maximum atomic E-state index is 13.3. The summed E-state index contributed by atoms with van der Waals surface area (Å²) in [4.78, 5) is 26.9. The van der Waals surface area contributed by atoms with Crippen molar-refractivity contribution in [3.63, 3.8) is 0 Å². The number of hydrogen-bond acceptors (Lipinski definition) is 3. The first-order valence-electron chi connectivity index (χ1n) is 8.33. The molecule has 0 saturated carbocycles. The van der Waals surface area contributed by atoms with Crippen molar-refractivity contribution < 1.29 is 14.3 Å². The van der Waals surface area contributed by atoms with E-state index < -0.39 is 5.41 Å². The number of ether oxygens (including phenoxy) is 1. The van der Waals surface area contributed by atoms with E-state index >= 15 is 0 Å². The van der Waals surface area contributed by atoms with Gasteiger partial charge in [-0.25, -0.2) is 0 Å². The molecular weight excluding hydrogens is 292 g/mol. The van der Waals surface area contributed by atoms with E-state index in [1.54, 1.807) is 0 Å². The van der Waals surface area contributed by atoms with E-state index in [1.165, 1.54) is 0 Å². The number of amides is 2. The van der Waals surface area contributed by atoms with E-state index in [9.17, 15) is 9.59 Å². The summed E-state index contributed by atoms with van der Waals surface area (Å²) < 4.78 is 5.50. The van der Waals surface area contributed by atoms with Crippen LogP contribution in [0.15, 0.2) is 30.3 Å². The molecule has 3 saturated heterocycles. The van der Waals surface area contributed by atoms with Gasteiger partial charge in [0.2, 0.25) is 11.8 Å². The number of nitrogens with zero attached hydrogens (tertiary/aromatic N) is 1. The summed E-state index contributed by atoms with van der Waals surface area (Å²) in [6.07, 6.45) is 2.04. The number of piperidine rings is 1. The van der Waals surface area contributed by atoms with Gasteiger partial charge in [-0.15, -0.1) is 0 Å². The molecule has 3 aliphatic rings. The summed E-state index contributed by atoms with van der Waals surface area (Å²) >= 11 is 0. The van der Waals surface area contributed by atoms with Crippen molar-refractivity contribution in [2.24, 2.45) is 5.41 Å². The predicted octanol–water partition coefficient (Wildman–Crippen LogP) is 1.08. The topological polar surface area (TPSA) is 58.6 Å². The smallest absolute Gasteiger partial charge is 0.235 e. The Balaban J connectivity index is 1.58. The zero-order valence-corrected chi connectivity index (χ0v) is 13.2. The van der Waals surface area contributed by atoms with Crippen molar-refractivity contribution in [2.75, 3.05) is 32.8 Å². The van der Waals surface area contributed by atoms with Crippen LogP contribution in [-0.2, 0) is 19.7 Å². The number of carbonyl (C=O) groups excluding carboxylic acids is 2. The zero-order chi connectivity index (χ0) is 15.9. The average Bonchev–Trinajstić information content (AvgIpc) is 3.05. The molecule has 0 bridgehead atoms. The highest BCUT2D eigenvalue weighted by atomic mass is 16.5. The van der Waals surface area contributed by atoms with Crippen LogP contribution in [0.4, 0.5) is 0 Å². The minimum Gasteiger partial charge on any atom is -0.381 e. The standard InChI is InChI=1S/C18H22N2O3/c21-15-6-7-18(10-19-15,14-4-2-1-3-5-14)16(22)20-11-17(12-20)8-9-23-13-17/h1-5H,6-13H2,(H,19,21). The lowest BCUT2D eigenvalue weighted by atomic mass is 9.70. The highest BCUT2D eigenvalue weighted by molar-refractivity contribution is 5.92. The molecule has 0 radical (unpaired) electrons. The molecule has 3 aliphatic heterocycles. The summed E-state index contributed by atoms with van der Waals surface area (Å²) in [6, 6.07) is 9.89. The van der Waals surface area contributed by atoms with E-state index in [2.05, 4.69) is 5.32 Å². The van der Waals surface area contributed by atoms with Crippen LogP contribution in [0.2, 0.25) is 0 Å². The predicted molar refractivity (Wildman–Crippen MR) is 84.8 cm³/mol. The molecule has 2 amide bonds. The highest BCUT2D eigenvalue weighted by Gasteiger charge is 2.53. The molecule has 5 nitrogen and oxygen atoms in total. The minimum absolute atomic E-state index is 0.0358. The number of nitrogens with one attached hydrogen (secondary N) is 1. The summed E-state index contributed by atoms with van der Waals surface area (Å²) in [7, 11) is 0. The Morgan fingerprint density at radius 3 is 2.57 bits per heavy atom. The Morgan fingerprint density at radius 2 is 1.96 bits per heavy atom. The molecule has 0 aliphatic carbocycles. The Hall–Kier alpha value is -1.88. The van der Waals surface area contributed by atoms with Gasteiger partial charge in [-0.1, -0.05) is 30.3 Å². The average molecular weight is 314 g/mol. The largest absolute Gasteiger partial charge is 0.381 e. The van der Waals surface area contributed by atoms with Gasteiger partial charge in [0.05, 0.1) is 12.0 Å². The molecule has 1 spiro atoms. The summed E-state index contributed by atoms with van der Waals surface area (Å²) in [6.45, 7) is 3.55. The minimum atomic E-state index is -0.615. The fourth-order valence-corrected chi connectivity index (χ4v) is 4.17.